The molecule has 2 aromatic carbocycles. The maximum Gasteiger partial charge on any atom is 0.150 e. The molecule has 0 radical (unpaired) electrons. The summed E-state index contributed by atoms with van der Waals surface area (Å²) in [5.74, 6) is 0.253. The minimum Gasteiger partial charge on any atom is -0.496 e. The quantitative estimate of drug-likeness (QED) is 0.323. The monoisotopic (exact) mass is 444 g/mol. The van der Waals surface area contributed by atoms with Gasteiger partial charge in [-0.15, -0.1) is 0 Å². The van der Waals surface area contributed by atoms with Crippen LogP contribution in [0.3, 0.4) is 0 Å². The first-order valence-corrected chi connectivity index (χ1v) is 10.1. The molecule has 30 heavy (non-hydrogen) atoms. The fraction of sp³-hybridized carbons (Fsp3) is 0.174. The number of halogens is 3. The van der Waals surface area contributed by atoms with Crippen LogP contribution in [0.5, 0.6) is 5.75 Å². The van der Waals surface area contributed by atoms with Crippen molar-refractivity contribution in [2.45, 2.75) is 20.0 Å². The van der Waals surface area contributed by atoms with E-state index < -0.39 is 11.9 Å². The Labute approximate surface area is 183 Å². The van der Waals surface area contributed by atoms with Gasteiger partial charge in [-0.2, -0.15) is 4.73 Å². The third kappa shape index (κ3) is 3.59. The zero-order valence-corrected chi connectivity index (χ0v) is 18.1. The number of hydrogen-bond donors (Lipinski definition) is 0. The van der Waals surface area contributed by atoms with Gasteiger partial charge in [-0.05, 0) is 43.7 Å². The molecule has 2 heterocycles. The number of fused-ring (bicyclic) bond motifs is 1. The first kappa shape index (κ1) is 20.5. The van der Waals surface area contributed by atoms with Gasteiger partial charge in [-0.25, -0.2) is 4.39 Å². The number of pyridine rings is 1. The average molecular weight is 445 g/mol. The lowest BCUT2D eigenvalue weighted by Gasteiger charge is -2.19. The molecule has 0 saturated heterocycles. The first-order valence-electron chi connectivity index (χ1n) is 9.32. The number of ether oxygens (including phenoxy) is 1. The zero-order valence-electron chi connectivity index (χ0n) is 16.6. The van der Waals surface area contributed by atoms with E-state index in [0.29, 0.717) is 10.6 Å². The predicted molar refractivity (Wildman–Crippen MR) is 118 cm³/mol. The lowest BCUT2D eigenvalue weighted by molar-refractivity contribution is 0.0562. The summed E-state index contributed by atoms with van der Waals surface area (Å²) >= 11 is 12.4. The van der Waals surface area contributed by atoms with Crippen LogP contribution in [0.25, 0.3) is 22.2 Å². The Morgan fingerprint density at radius 2 is 1.93 bits per heavy atom. The molecule has 4 rings (SSSR count). The number of rotatable bonds is 5. The summed E-state index contributed by atoms with van der Waals surface area (Å²) in [7, 11) is 1.65. The van der Waals surface area contributed by atoms with Gasteiger partial charge < -0.3 is 9.57 Å². The van der Waals surface area contributed by atoms with E-state index in [1.54, 1.807) is 31.2 Å². The van der Waals surface area contributed by atoms with Gasteiger partial charge in [0.1, 0.15) is 17.1 Å². The number of aromatic nitrogens is 2. The molecule has 0 spiro atoms. The van der Waals surface area contributed by atoms with E-state index in [9.17, 15) is 4.39 Å². The fourth-order valence-corrected chi connectivity index (χ4v) is 4.19. The van der Waals surface area contributed by atoms with Crippen LogP contribution < -0.4 is 9.57 Å². The van der Waals surface area contributed by atoms with Gasteiger partial charge in [0.05, 0.1) is 17.6 Å². The van der Waals surface area contributed by atoms with E-state index in [1.165, 1.54) is 12.1 Å². The zero-order chi connectivity index (χ0) is 21.4. The Hall–Kier alpha value is -2.76. The highest BCUT2D eigenvalue weighted by atomic mass is 35.5. The van der Waals surface area contributed by atoms with Crippen LogP contribution in [0.15, 0.2) is 54.9 Å². The highest BCUT2D eigenvalue weighted by Crippen LogP contribution is 2.35. The van der Waals surface area contributed by atoms with Crippen molar-refractivity contribution in [1.29, 1.82) is 0 Å². The Morgan fingerprint density at radius 3 is 2.70 bits per heavy atom. The van der Waals surface area contributed by atoms with Crippen molar-refractivity contribution in [1.82, 2.24) is 9.71 Å². The van der Waals surface area contributed by atoms with Crippen LogP contribution in [0.1, 0.15) is 24.2 Å². The predicted octanol–water partition coefficient (Wildman–Crippen LogP) is 6.66. The number of para-hydroxylation sites is 1. The van der Waals surface area contributed by atoms with E-state index in [4.69, 9.17) is 32.8 Å². The lowest BCUT2D eigenvalue weighted by Crippen LogP contribution is -2.16. The van der Waals surface area contributed by atoms with E-state index in [1.807, 2.05) is 37.3 Å². The van der Waals surface area contributed by atoms with Crippen LogP contribution >= 0.6 is 23.2 Å². The van der Waals surface area contributed by atoms with Gasteiger partial charge in [0.2, 0.25) is 0 Å². The largest absolute Gasteiger partial charge is 0.496 e. The molecule has 154 valence electrons. The van der Waals surface area contributed by atoms with Gasteiger partial charge in [0, 0.05) is 34.1 Å². The van der Waals surface area contributed by atoms with Crippen molar-refractivity contribution in [2.24, 2.45) is 0 Å². The van der Waals surface area contributed by atoms with Gasteiger partial charge >= 0.3 is 0 Å². The Balaban J connectivity index is 1.75. The summed E-state index contributed by atoms with van der Waals surface area (Å²) in [6, 6.07) is 12.5. The molecule has 1 unspecified atom stereocenters. The minimum absolute atomic E-state index is 0.0465. The summed E-state index contributed by atoms with van der Waals surface area (Å²) < 4.78 is 21.1. The molecule has 0 amide bonds. The number of methoxy groups -OCH3 is 1. The van der Waals surface area contributed by atoms with Crippen LogP contribution in [0.2, 0.25) is 10.0 Å². The van der Waals surface area contributed by atoms with Crippen molar-refractivity contribution in [3.63, 3.8) is 0 Å². The third-order valence-corrected chi connectivity index (χ3v) is 5.70. The molecule has 0 fully saturated rings. The second kappa shape index (κ2) is 8.17. The molecule has 1 atom stereocenters. The number of benzene rings is 2. The first-order chi connectivity index (χ1) is 14.4. The van der Waals surface area contributed by atoms with Crippen LogP contribution in [0, 0.1) is 12.7 Å². The number of hydrogen-bond acceptors (Lipinski definition) is 3. The molecule has 0 aliphatic rings. The van der Waals surface area contributed by atoms with Crippen LogP contribution in [-0.4, -0.2) is 16.8 Å². The van der Waals surface area contributed by atoms with Gasteiger partial charge in [0.15, 0.2) is 6.10 Å². The standard InChI is InChI=1S/C23H19Cl2FN2O2/c1-13-5-4-6-16(23(13)29-3)15-11-20-19(27-12-15)9-10-28(20)30-14(2)21-17(24)7-8-18(26)22(21)25/h4-12,14H,1-3H3. The summed E-state index contributed by atoms with van der Waals surface area (Å²) in [6.45, 7) is 3.76. The molecule has 0 N–H and O–H groups in total. The lowest BCUT2D eigenvalue weighted by atomic mass is 10.0. The summed E-state index contributed by atoms with van der Waals surface area (Å²) in [5.41, 5.74) is 4.76. The van der Waals surface area contributed by atoms with Crippen molar-refractivity contribution in [3.8, 4) is 16.9 Å². The van der Waals surface area contributed by atoms with E-state index >= 15 is 0 Å². The van der Waals surface area contributed by atoms with E-state index in [-0.39, 0.29) is 5.02 Å². The molecular weight excluding hydrogens is 426 g/mol. The minimum atomic E-state index is -0.589. The van der Waals surface area contributed by atoms with Crippen LogP contribution in [0.4, 0.5) is 4.39 Å². The van der Waals surface area contributed by atoms with Crippen LogP contribution in [-0.2, 0) is 0 Å². The Kier molecular flexibility index (Phi) is 5.58. The Bertz CT molecular complexity index is 1240. The molecule has 4 aromatic rings. The molecular formula is C23H19Cl2FN2O2. The summed E-state index contributed by atoms with van der Waals surface area (Å²) in [6.07, 6.45) is 2.97. The molecule has 0 aliphatic heterocycles. The molecule has 0 aliphatic carbocycles. The molecule has 0 bridgehead atoms. The number of nitrogens with zero attached hydrogens (tertiary/aromatic N) is 2. The van der Waals surface area contributed by atoms with Gasteiger partial charge in [0.25, 0.3) is 0 Å². The van der Waals surface area contributed by atoms with Gasteiger partial charge in [-0.1, -0.05) is 41.4 Å². The van der Waals surface area contributed by atoms with E-state index in [0.717, 1.165) is 33.5 Å². The fourth-order valence-electron chi connectivity index (χ4n) is 3.52. The second-order valence-electron chi connectivity index (χ2n) is 6.93. The smallest absolute Gasteiger partial charge is 0.150 e. The topological polar surface area (TPSA) is 36.3 Å². The normalized spacial score (nSPS) is 12.2. The average Bonchev–Trinajstić information content (AvgIpc) is 3.13. The third-order valence-electron chi connectivity index (χ3n) is 4.99. The van der Waals surface area contributed by atoms with E-state index in [2.05, 4.69) is 4.98 Å². The van der Waals surface area contributed by atoms with Crippen molar-refractivity contribution >= 4 is 34.2 Å². The molecule has 0 saturated carbocycles. The second-order valence-corrected chi connectivity index (χ2v) is 7.72. The maximum absolute atomic E-state index is 13.9. The molecule has 7 heteroatoms. The Morgan fingerprint density at radius 1 is 1.13 bits per heavy atom. The summed E-state index contributed by atoms with van der Waals surface area (Å²) in [5, 5.41) is 0.295. The SMILES string of the molecule is COc1c(C)cccc1-c1cnc2ccn(OC(C)c3c(Cl)ccc(F)c3Cl)c2c1. The maximum atomic E-state index is 13.9. The van der Waals surface area contributed by atoms with Crippen molar-refractivity contribution in [3.05, 3.63) is 81.8 Å². The molecule has 2 aromatic heterocycles. The highest BCUT2D eigenvalue weighted by molar-refractivity contribution is 6.36. The highest BCUT2D eigenvalue weighted by Gasteiger charge is 2.20. The van der Waals surface area contributed by atoms with Crippen molar-refractivity contribution < 1.29 is 14.0 Å². The van der Waals surface area contributed by atoms with Crippen molar-refractivity contribution in [2.75, 3.05) is 7.11 Å². The number of aryl methyl sites for hydroxylation is 1. The van der Waals surface area contributed by atoms with Gasteiger partial charge in [-0.3, -0.25) is 4.98 Å². The molecule has 4 nitrogen and oxygen atoms in total. The summed E-state index contributed by atoms with van der Waals surface area (Å²) in [4.78, 5) is 10.6.